The second kappa shape index (κ2) is 5.13. The fourth-order valence-corrected chi connectivity index (χ4v) is 6.63. The van der Waals surface area contributed by atoms with Crippen LogP contribution in [0, 0.1) is 16.2 Å². The smallest absolute Gasteiger partial charge is 0.320 e. The Morgan fingerprint density at radius 2 is 1.57 bits per heavy atom. The van der Waals surface area contributed by atoms with Gasteiger partial charge in [-0.3, -0.25) is 4.55 Å². The number of rotatable bonds is 4. The average Bonchev–Trinajstić information content (AvgIpc) is 2.31. The molecule has 0 aliphatic heterocycles. The van der Waals surface area contributed by atoms with Crippen LogP contribution < -0.4 is 0 Å². The molecule has 1 saturated carbocycles. The van der Waals surface area contributed by atoms with Crippen molar-refractivity contribution < 1.29 is 17.8 Å². The first-order chi connectivity index (χ1) is 9.15. The second-order valence-corrected chi connectivity index (χ2v) is 10.9. The van der Waals surface area contributed by atoms with Crippen LogP contribution in [0.5, 0.6) is 0 Å². The maximum absolute atomic E-state index is 11.5. The summed E-state index contributed by atoms with van der Waals surface area (Å²) in [6.45, 7) is 16.4. The minimum Gasteiger partial charge on any atom is -0.396 e. The molecule has 1 rings (SSSR count). The van der Waals surface area contributed by atoms with E-state index in [9.17, 15) is 13.0 Å². The molecule has 0 aromatic heterocycles. The normalized spacial score (nSPS) is 32.3. The summed E-state index contributed by atoms with van der Waals surface area (Å²) in [5, 5.41) is 4.24. The van der Waals surface area contributed by atoms with Gasteiger partial charge < -0.3 is 4.84 Å². The molecular weight excluding hydrogens is 310 g/mol. The molecule has 1 aliphatic carbocycles. The highest BCUT2D eigenvalue weighted by Gasteiger charge is 2.70. The highest BCUT2D eigenvalue weighted by Crippen LogP contribution is 2.69. The first kappa shape index (κ1) is 18.8. The van der Waals surface area contributed by atoms with Gasteiger partial charge in [-0.25, -0.2) is 0 Å². The first-order valence-corrected chi connectivity index (χ1v) is 9.81. The zero-order chi connectivity index (χ0) is 16.9. The number of oxime groups is 1. The zero-order valence-corrected chi connectivity index (χ0v) is 15.8. The van der Waals surface area contributed by atoms with Gasteiger partial charge in [0, 0.05) is 16.2 Å². The van der Waals surface area contributed by atoms with Crippen molar-refractivity contribution in [3.8, 4) is 0 Å². The summed E-state index contributed by atoms with van der Waals surface area (Å²) in [5.41, 5.74) is -0.394. The summed E-state index contributed by atoms with van der Waals surface area (Å²) < 4.78 is 31.6. The molecule has 0 amide bonds. The van der Waals surface area contributed by atoms with Crippen molar-refractivity contribution in [3.05, 3.63) is 0 Å². The van der Waals surface area contributed by atoms with Gasteiger partial charge >= 0.3 is 9.15 Å². The molecule has 7 heteroatoms. The van der Waals surface area contributed by atoms with Crippen molar-refractivity contribution in [2.45, 2.75) is 60.1 Å². The third-order valence-corrected chi connectivity index (χ3v) is 8.80. The van der Waals surface area contributed by atoms with Gasteiger partial charge in [-0.15, -0.1) is 0 Å². The van der Waals surface area contributed by atoms with E-state index in [-0.39, 0.29) is 10.8 Å². The van der Waals surface area contributed by atoms with E-state index in [0.717, 1.165) is 0 Å². The predicted octanol–water partition coefficient (Wildman–Crippen LogP) is 3.77. The Kier molecular flexibility index (Phi) is 4.59. The van der Waals surface area contributed by atoms with Crippen LogP contribution in [-0.4, -0.2) is 30.0 Å². The van der Waals surface area contributed by atoms with Crippen LogP contribution in [0.1, 0.15) is 55.4 Å². The lowest BCUT2D eigenvalue weighted by Crippen LogP contribution is -2.45. The van der Waals surface area contributed by atoms with E-state index in [1.807, 2.05) is 41.5 Å². The maximum Gasteiger partial charge on any atom is 0.320 e. The monoisotopic (exact) mass is 337 g/mol. The molecule has 0 aromatic carbocycles. The molecule has 0 aromatic rings. The topological polar surface area (TPSA) is 76.0 Å². The summed E-state index contributed by atoms with van der Waals surface area (Å²) in [4.78, 5) is 5.25. The Balaban J connectivity index is 3.63. The molecule has 1 unspecified atom stereocenters. The van der Waals surface area contributed by atoms with Crippen LogP contribution in [0.15, 0.2) is 5.16 Å². The molecule has 1 fully saturated rings. The SMILES string of the molecule is CCON=C1C(C)(C)C(C)(C)C(C)(C)C1(C)SS(=O)(=O)O. The highest BCUT2D eigenvalue weighted by atomic mass is 33.1. The molecule has 1 N–H and O–H groups in total. The third-order valence-electron chi connectivity index (χ3n) is 5.92. The first-order valence-electron chi connectivity index (χ1n) is 7.04. The van der Waals surface area contributed by atoms with E-state index in [1.54, 1.807) is 0 Å². The van der Waals surface area contributed by atoms with Gasteiger partial charge in [-0.05, 0) is 24.7 Å². The summed E-state index contributed by atoms with van der Waals surface area (Å²) in [7, 11) is -3.66. The molecule has 0 radical (unpaired) electrons. The Morgan fingerprint density at radius 1 is 1.10 bits per heavy atom. The van der Waals surface area contributed by atoms with Crippen LogP contribution in [-0.2, 0) is 14.0 Å². The summed E-state index contributed by atoms with van der Waals surface area (Å²) in [5.74, 6) is 0. The van der Waals surface area contributed by atoms with Crippen LogP contribution in [0.3, 0.4) is 0 Å². The van der Waals surface area contributed by atoms with Crippen molar-refractivity contribution in [2.24, 2.45) is 21.4 Å². The minimum absolute atomic E-state index is 0.248. The fraction of sp³-hybridized carbons (Fsp3) is 0.929. The van der Waals surface area contributed by atoms with Crippen molar-refractivity contribution in [3.63, 3.8) is 0 Å². The maximum atomic E-state index is 11.5. The standard InChI is InChI=1S/C14H27NO4S2/c1-9-19-15-10-11(2,3)12(4,5)13(6,7)14(10,8)20-21(16,17)18/h9H2,1-8H3,(H,16,17,18). The Labute approximate surface area is 132 Å². The lowest BCUT2D eigenvalue weighted by molar-refractivity contribution is 0.0530. The minimum atomic E-state index is -4.22. The predicted molar refractivity (Wildman–Crippen MR) is 87.9 cm³/mol. The summed E-state index contributed by atoms with van der Waals surface area (Å²) in [6, 6.07) is 0. The molecule has 5 nitrogen and oxygen atoms in total. The molecule has 0 bridgehead atoms. The van der Waals surface area contributed by atoms with E-state index >= 15 is 0 Å². The molecule has 1 atom stereocenters. The molecule has 1 aliphatic rings. The van der Waals surface area contributed by atoms with Gasteiger partial charge in [0.15, 0.2) is 0 Å². The number of hydrogen-bond donors (Lipinski definition) is 1. The number of nitrogens with zero attached hydrogens (tertiary/aromatic N) is 1. The fourth-order valence-electron chi connectivity index (χ4n) is 3.25. The lowest BCUT2D eigenvalue weighted by atomic mass is 9.60. The van der Waals surface area contributed by atoms with Crippen molar-refractivity contribution in [2.75, 3.05) is 6.61 Å². The van der Waals surface area contributed by atoms with Gasteiger partial charge in [-0.2, -0.15) is 8.42 Å². The molecule has 0 spiro atoms. The van der Waals surface area contributed by atoms with Crippen molar-refractivity contribution >= 4 is 25.7 Å². The van der Waals surface area contributed by atoms with Crippen LogP contribution in [0.4, 0.5) is 0 Å². The Hall–Kier alpha value is -0.270. The summed E-state index contributed by atoms with van der Waals surface area (Å²) in [6.07, 6.45) is 0. The van der Waals surface area contributed by atoms with Crippen molar-refractivity contribution in [1.82, 2.24) is 0 Å². The Morgan fingerprint density at radius 3 is 1.95 bits per heavy atom. The van der Waals surface area contributed by atoms with Crippen LogP contribution in [0.25, 0.3) is 0 Å². The van der Waals surface area contributed by atoms with E-state index < -0.39 is 19.3 Å². The quantitative estimate of drug-likeness (QED) is 0.480. The van der Waals surface area contributed by atoms with Gasteiger partial charge in [0.25, 0.3) is 0 Å². The van der Waals surface area contributed by atoms with Gasteiger partial charge in [0.2, 0.25) is 0 Å². The molecule has 21 heavy (non-hydrogen) atoms. The van der Waals surface area contributed by atoms with Gasteiger partial charge in [0.05, 0.1) is 10.5 Å². The van der Waals surface area contributed by atoms with E-state index in [1.165, 1.54) is 0 Å². The molecule has 124 valence electrons. The third kappa shape index (κ3) is 2.61. The van der Waals surface area contributed by atoms with E-state index in [0.29, 0.717) is 23.1 Å². The van der Waals surface area contributed by atoms with Crippen LogP contribution in [0.2, 0.25) is 0 Å². The summed E-state index contributed by atoms with van der Waals surface area (Å²) >= 11 is 0. The molecular formula is C14H27NO4S2. The molecule has 0 saturated heterocycles. The van der Waals surface area contributed by atoms with E-state index in [4.69, 9.17) is 4.84 Å². The molecule has 0 heterocycles. The second-order valence-electron chi connectivity index (χ2n) is 7.28. The van der Waals surface area contributed by atoms with Gasteiger partial charge in [0.1, 0.15) is 6.61 Å². The number of hydrogen-bond acceptors (Lipinski definition) is 5. The van der Waals surface area contributed by atoms with Gasteiger partial charge in [-0.1, -0.05) is 46.7 Å². The van der Waals surface area contributed by atoms with E-state index in [2.05, 4.69) is 19.0 Å². The van der Waals surface area contributed by atoms with Crippen LogP contribution >= 0.6 is 10.8 Å². The largest absolute Gasteiger partial charge is 0.396 e. The van der Waals surface area contributed by atoms with Crippen molar-refractivity contribution in [1.29, 1.82) is 0 Å². The Bertz CT molecular complexity index is 549. The lowest BCUT2D eigenvalue weighted by Gasteiger charge is -2.46. The average molecular weight is 338 g/mol. The highest BCUT2D eigenvalue weighted by molar-refractivity contribution is 8.70. The zero-order valence-electron chi connectivity index (χ0n) is 14.1.